The number of rotatable bonds is 5. The molecule has 1 aliphatic rings. The lowest BCUT2D eigenvalue weighted by molar-refractivity contribution is 0.0740. The molecule has 142 valence electrons. The predicted molar refractivity (Wildman–Crippen MR) is 104 cm³/mol. The Balaban J connectivity index is 0.00000312. The summed E-state index contributed by atoms with van der Waals surface area (Å²) in [4.78, 5) is 14.3. The van der Waals surface area contributed by atoms with Gasteiger partial charge < -0.3 is 10.6 Å². The highest BCUT2D eigenvalue weighted by molar-refractivity contribution is 7.92. The number of nitrogens with two attached hydrogens (primary N) is 1. The van der Waals surface area contributed by atoms with E-state index in [-0.39, 0.29) is 23.7 Å². The minimum absolute atomic E-state index is 0. The van der Waals surface area contributed by atoms with E-state index in [0.717, 1.165) is 18.4 Å². The van der Waals surface area contributed by atoms with Crippen LogP contribution in [0, 0.1) is 5.41 Å². The number of halogens is 1. The van der Waals surface area contributed by atoms with Crippen LogP contribution in [0.4, 0.5) is 5.69 Å². The fraction of sp³-hybridized carbons (Fsp3) is 0.588. The molecule has 0 atom stereocenters. The van der Waals surface area contributed by atoms with E-state index in [9.17, 15) is 13.2 Å². The SMILES string of the molecule is CN(CC(C)(C)CN)C(=O)c1ccc2c(c1)CCCN2S(C)(=O)=O.Cl. The Morgan fingerprint density at radius 3 is 2.56 bits per heavy atom. The molecular formula is C17H28ClN3O3S. The van der Waals surface area contributed by atoms with E-state index in [2.05, 4.69) is 0 Å². The zero-order valence-electron chi connectivity index (χ0n) is 15.3. The molecule has 8 heteroatoms. The van der Waals surface area contributed by atoms with Gasteiger partial charge in [0, 0.05) is 25.7 Å². The maximum atomic E-state index is 12.7. The molecule has 1 aliphatic heterocycles. The Kier molecular flexibility index (Phi) is 6.89. The van der Waals surface area contributed by atoms with Crippen molar-refractivity contribution < 1.29 is 13.2 Å². The van der Waals surface area contributed by atoms with Gasteiger partial charge in [0.2, 0.25) is 10.0 Å². The quantitative estimate of drug-likeness (QED) is 0.833. The van der Waals surface area contributed by atoms with Gasteiger partial charge in [0.25, 0.3) is 5.91 Å². The third-order valence-electron chi connectivity index (χ3n) is 4.37. The highest BCUT2D eigenvalue weighted by atomic mass is 35.5. The molecular weight excluding hydrogens is 362 g/mol. The molecule has 0 bridgehead atoms. The number of anilines is 1. The number of amides is 1. The number of carbonyl (C=O) groups excluding carboxylic acids is 1. The van der Waals surface area contributed by atoms with Gasteiger partial charge in [0.05, 0.1) is 11.9 Å². The Bertz CT molecular complexity index is 735. The fourth-order valence-electron chi connectivity index (χ4n) is 3.04. The van der Waals surface area contributed by atoms with Crippen LogP contribution < -0.4 is 10.0 Å². The third-order valence-corrected chi connectivity index (χ3v) is 5.55. The average molecular weight is 390 g/mol. The van der Waals surface area contributed by atoms with Crippen molar-refractivity contribution in [2.75, 3.05) is 37.2 Å². The Labute approximate surface area is 156 Å². The first-order valence-corrected chi connectivity index (χ1v) is 9.96. The van der Waals surface area contributed by atoms with Crippen LogP contribution in [-0.2, 0) is 16.4 Å². The van der Waals surface area contributed by atoms with E-state index in [1.54, 1.807) is 24.1 Å². The monoisotopic (exact) mass is 389 g/mol. The van der Waals surface area contributed by atoms with Crippen LogP contribution in [0.25, 0.3) is 0 Å². The lowest BCUT2D eigenvalue weighted by atomic mass is 9.93. The molecule has 0 saturated heterocycles. The van der Waals surface area contributed by atoms with Crippen molar-refractivity contribution in [3.63, 3.8) is 0 Å². The summed E-state index contributed by atoms with van der Waals surface area (Å²) < 4.78 is 25.2. The number of hydrogen-bond donors (Lipinski definition) is 1. The highest BCUT2D eigenvalue weighted by Gasteiger charge is 2.26. The molecule has 1 aromatic rings. The van der Waals surface area contributed by atoms with E-state index in [0.29, 0.717) is 30.9 Å². The standard InChI is InChI=1S/C17H27N3O3S.ClH/c1-17(2,11-18)12-19(3)16(21)14-7-8-15-13(10-14)6-5-9-20(15)24(4,22)23;/h7-8,10H,5-6,9,11-12,18H2,1-4H3;1H. The summed E-state index contributed by atoms with van der Waals surface area (Å²) in [6.45, 7) is 5.60. The summed E-state index contributed by atoms with van der Waals surface area (Å²) in [5, 5.41) is 0. The van der Waals surface area contributed by atoms with Gasteiger partial charge in [-0.25, -0.2) is 8.42 Å². The molecule has 1 heterocycles. The second-order valence-electron chi connectivity index (χ2n) is 7.31. The fourth-order valence-corrected chi connectivity index (χ4v) is 4.04. The van der Waals surface area contributed by atoms with Crippen LogP contribution >= 0.6 is 12.4 Å². The molecule has 0 spiro atoms. The first kappa shape index (κ1) is 21.7. The summed E-state index contributed by atoms with van der Waals surface area (Å²) in [5.74, 6) is -0.0733. The first-order chi connectivity index (χ1) is 11.0. The van der Waals surface area contributed by atoms with E-state index in [1.807, 2.05) is 19.9 Å². The van der Waals surface area contributed by atoms with E-state index in [1.165, 1.54) is 10.6 Å². The van der Waals surface area contributed by atoms with E-state index in [4.69, 9.17) is 5.73 Å². The summed E-state index contributed by atoms with van der Waals surface area (Å²) in [7, 11) is -1.53. The Morgan fingerprint density at radius 1 is 1.36 bits per heavy atom. The smallest absolute Gasteiger partial charge is 0.253 e. The number of fused-ring (bicyclic) bond motifs is 1. The number of aryl methyl sites for hydroxylation is 1. The second-order valence-corrected chi connectivity index (χ2v) is 9.22. The minimum Gasteiger partial charge on any atom is -0.341 e. The number of benzene rings is 1. The second kappa shape index (κ2) is 7.93. The number of nitrogens with zero attached hydrogens (tertiary/aromatic N) is 2. The molecule has 25 heavy (non-hydrogen) atoms. The minimum atomic E-state index is -3.29. The van der Waals surface area contributed by atoms with Crippen LogP contribution in [-0.4, -0.2) is 52.2 Å². The van der Waals surface area contributed by atoms with Gasteiger partial charge in [-0.1, -0.05) is 13.8 Å². The molecule has 1 aromatic carbocycles. The number of carbonyl (C=O) groups is 1. The summed E-state index contributed by atoms with van der Waals surface area (Å²) >= 11 is 0. The van der Waals surface area contributed by atoms with Crippen LogP contribution in [0.5, 0.6) is 0 Å². The predicted octanol–water partition coefficient (Wildman–Crippen LogP) is 1.88. The van der Waals surface area contributed by atoms with Crippen LogP contribution in [0.3, 0.4) is 0 Å². The maximum absolute atomic E-state index is 12.7. The molecule has 0 radical (unpaired) electrons. The van der Waals surface area contributed by atoms with Gasteiger partial charge in [-0.05, 0) is 48.6 Å². The highest BCUT2D eigenvalue weighted by Crippen LogP contribution is 2.30. The molecule has 0 aromatic heterocycles. The van der Waals surface area contributed by atoms with Crippen LogP contribution in [0.2, 0.25) is 0 Å². The molecule has 0 unspecified atom stereocenters. The zero-order valence-corrected chi connectivity index (χ0v) is 16.9. The topological polar surface area (TPSA) is 83.7 Å². The van der Waals surface area contributed by atoms with Crippen LogP contribution in [0.1, 0.15) is 36.2 Å². The Hall–Kier alpha value is -1.31. The molecule has 2 rings (SSSR count). The molecule has 6 nitrogen and oxygen atoms in total. The van der Waals surface area contributed by atoms with Crippen molar-refractivity contribution in [3.8, 4) is 0 Å². The average Bonchev–Trinajstić information content (AvgIpc) is 2.51. The lowest BCUT2D eigenvalue weighted by Crippen LogP contribution is -2.40. The Morgan fingerprint density at radius 2 is 2.00 bits per heavy atom. The van der Waals surface area contributed by atoms with Gasteiger partial charge in [0.1, 0.15) is 0 Å². The molecule has 2 N–H and O–H groups in total. The van der Waals surface area contributed by atoms with Crippen molar-refractivity contribution in [2.24, 2.45) is 11.1 Å². The van der Waals surface area contributed by atoms with Gasteiger partial charge in [0.15, 0.2) is 0 Å². The van der Waals surface area contributed by atoms with Gasteiger partial charge in [-0.3, -0.25) is 9.10 Å². The molecule has 0 aliphatic carbocycles. The van der Waals surface area contributed by atoms with Crippen molar-refractivity contribution in [1.82, 2.24) is 4.90 Å². The van der Waals surface area contributed by atoms with Gasteiger partial charge in [-0.2, -0.15) is 0 Å². The largest absolute Gasteiger partial charge is 0.341 e. The van der Waals surface area contributed by atoms with Gasteiger partial charge >= 0.3 is 0 Å². The third kappa shape index (κ3) is 5.09. The zero-order chi connectivity index (χ0) is 18.1. The molecule has 0 saturated carbocycles. The summed E-state index contributed by atoms with van der Waals surface area (Å²) in [6, 6.07) is 5.27. The van der Waals surface area contributed by atoms with Crippen LogP contribution in [0.15, 0.2) is 18.2 Å². The normalized spacial score (nSPS) is 14.5. The summed E-state index contributed by atoms with van der Waals surface area (Å²) in [6.07, 6.45) is 2.75. The van der Waals surface area contributed by atoms with Crippen molar-refractivity contribution in [1.29, 1.82) is 0 Å². The van der Waals surface area contributed by atoms with Crippen molar-refractivity contribution in [2.45, 2.75) is 26.7 Å². The van der Waals surface area contributed by atoms with Crippen molar-refractivity contribution in [3.05, 3.63) is 29.3 Å². The van der Waals surface area contributed by atoms with Crippen molar-refractivity contribution >= 4 is 34.0 Å². The number of sulfonamides is 1. The van der Waals surface area contributed by atoms with Gasteiger partial charge in [-0.15, -0.1) is 12.4 Å². The first-order valence-electron chi connectivity index (χ1n) is 8.11. The lowest BCUT2D eigenvalue weighted by Gasteiger charge is -2.31. The van der Waals surface area contributed by atoms with E-state index >= 15 is 0 Å². The number of hydrogen-bond acceptors (Lipinski definition) is 4. The van der Waals surface area contributed by atoms with E-state index < -0.39 is 10.0 Å². The molecule has 1 amide bonds. The summed E-state index contributed by atoms with van der Waals surface area (Å²) in [5.41, 5.74) is 7.77. The molecule has 0 fully saturated rings. The maximum Gasteiger partial charge on any atom is 0.253 e.